The smallest absolute Gasteiger partial charge is 0.241 e. The second kappa shape index (κ2) is 7.91. The molecule has 0 saturated carbocycles. The monoisotopic (exact) mass is 374 g/mol. The lowest BCUT2D eigenvalue weighted by atomic mass is 10.1. The Morgan fingerprint density at radius 2 is 1.54 bits per heavy atom. The van der Waals surface area contributed by atoms with Crippen molar-refractivity contribution >= 4 is 21.6 Å². The Labute approximate surface area is 156 Å². The molecule has 0 bridgehead atoms. The van der Waals surface area contributed by atoms with Gasteiger partial charge in [-0.05, 0) is 56.5 Å². The third kappa shape index (κ3) is 5.33. The molecule has 0 aliphatic carbocycles. The molecule has 26 heavy (non-hydrogen) atoms. The van der Waals surface area contributed by atoms with E-state index in [1.165, 1.54) is 0 Å². The first kappa shape index (κ1) is 20.0. The van der Waals surface area contributed by atoms with Crippen LogP contribution < -0.4 is 9.62 Å². The van der Waals surface area contributed by atoms with Crippen LogP contribution in [0.4, 0.5) is 5.69 Å². The van der Waals surface area contributed by atoms with Gasteiger partial charge in [-0.15, -0.1) is 0 Å². The van der Waals surface area contributed by atoms with Crippen LogP contribution in [0.5, 0.6) is 0 Å². The van der Waals surface area contributed by atoms with Gasteiger partial charge in [-0.2, -0.15) is 0 Å². The summed E-state index contributed by atoms with van der Waals surface area (Å²) in [6, 6.07) is 13.2. The Balaban J connectivity index is 2.18. The van der Waals surface area contributed by atoms with Gasteiger partial charge in [-0.3, -0.25) is 9.10 Å². The van der Waals surface area contributed by atoms with Gasteiger partial charge in [-0.25, -0.2) is 8.42 Å². The van der Waals surface area contributed by atoms with Crippen LogP contribution in [0, 0.1) is 20.8 Å². The van der Waals surface area contributed by atoms with E-state index in [4.69, 9.17) is 0 Å². The van der Waals surface area contributed by atoms with Crippen molar-refractivity contribution in [3.05, 3.63) is 64.7 Å². The molecule has 1 amide bonds. The largest absolute Gasteiger partial charge is 0.348 e. The quantitative estimate of drug-likeness (QED) is 0.844. The Hall–Kier alpha value is -2.34. The number of anilines is 1. The number of aryl methyl sites for hydroxylation is 3. The highest BCUT2D eigenvalue weighted by Crippen LogP contribution is 2.21. The molecule has 0 radical (unpaired) electrons. The summed E-state index contributed by atoms with van der Waals surface area (Å²) in [5.41, 5.74) is 4.51. The van der Waals surface area contributed by atoms with Crippen LogP contribution >= 0.6 is 0 Å². The molecular formula is C20H26N2O3S. The average molecular weight is 375 g/mol. The molecule has 2 rings (SSSR count). The SMILES string of the molecule is Cc1ccc([C@@H](C)NC(=O)CN(c2cc(C)cc(C)c2)S(C)(=O)=O)cc1. The van der Waals surface area contributed by atoms with Crippen molar-refractivity contribution in [2.75, 3.05) is 17.1 Å². The summed E-state index contributed by atoms with van der Waals surface area (Å²) < 4.78 is 25.6. The molecule has 1 N–H and O–H groups in total. The number of benzene rings is 2. The molecule has 6 heteroatoms. The highest BCUT2D eigenvalue weighted by Gasteiger charge is 2.22. The van der Waals surface area contributed by atoms with E-state index < -0.39 is 10.0 Å². The van der Waals surface area contributed by atoms with E-state index in [1.807, 2.05) is 58.0 Å². The number of nitrogens with one attached hydrogen (secondary N) is 1. The van der Waals surface area contributed by atoms with Crippen LogP contribution in [-0.2, 0) is 14.8 Å². The predicted molar refractivity (Wildman–Crippen MR) is 106 cm³/mol. The van der Waals surface area contributed by atoms with Crippen molar-refractivity contribution in [2.24, 2.45) is 0 Å². The number of sulfonamides is 1. The zero-order valence-electron chi connectivity index (χ0n) is 15.9. The van der Waals surface area contributed by atoms with Crippen molar-refractivity contribution in [3.8, 4) is 0 Å². The summed E-state index contributed by atoms with van der Waals surface area (Å²) in [6.45, 7) is 7.43. The van der Waals surface area contributed by atoms with Crippen LogP contribution in [0.1, 0.15) is 35.2 Å². The Morgan fingerprint density at radius 1 is 1.00 bits per heavy atom. The fourth-order valence-electron chi connectivity index (χ4n) is 2.85. The lowest BCUT2D eigenvalue weighted by Gasteiger charge is -2.24. The van der Waals surface area contributed by atoms with E-state index in [-0.39, 0.29) is 18.5 Å². The first-order chi connectivity index (χ1) is 12.1. The van der Waals surface area contributed by atoms with Gasteiger partial charge in [0.15, 0.2) is 0 Å². The van der Waals surface area contributed by atoms with Crippen LogP contribution in [0.3, 0.4) is 0 Å². The molecule has 0 unspecified atom stereocenters. The van der Waals surface area contributed by atoms with Gasteiger partial charge >= 0.3 is 0 Å². The molecule has 0 aromatic heterocycles. The summed E-state index contributed by atoms with van der Waals surface area (Å²) in [7, 11) is -3.58. The maximum atomic E-state index is 12.5. The number of carbonyl (C=O) groups excluding carboxylic acids is 1. The topological polar surface area (TPSA) is 66.5 Å². The van der Waals surface area contributed by atoms with Crippen LogP contribution in [0.25, 0.3) is 0 Å². The van der Waals surface area contributed by atoms with Gasteiger partial charge in [0.1, 0.15) is 6.54 Å². The molecule has 0 aliphatic heterocycles. The standard InChI is InChI=1S/C20H26N2O3S/c1-14-6-8-18(9-7-14)17(4)21-20(23)13-22(26(5,24)25)19-11-15(2)10-16(3)12-19/h6-12,17H,13H2,1-5H3,(H,21,23)/t17-/m1/s1. The maximum absolute atomic E-state index is 12.5. The van der Waals surface area contributed by atoms with Crippen molar-refractivity contribution in [1.82, 2.24) is 5.32 Å². The molecule has 140 valence electrons. The third-order valence-corrected chi connectivity index (χ3v) is 5.28. The van der Waals surface area contributed by atoms with E-state index in [1.54, 1.807) is 12.1 Å². The van der Waals surface area contributed by atoms with Gasteiger partial charge in [0.2, 0.25) is 15.9 Å². The number of hydrogen-bond donors (Lipinski definition) is 1. The minimum Gasteiger partial charge on any atom is -0.348 e. The van der Waals surface area contributed by atoms with E-state index in [2.05, 4.69) is 5.32 Å². The van der Waals surface area contributed by atoms with Gasteiger partial charge < -0.3 is 5.32 Å². The Kier molecular flexibility index (Phi) is 6.08. The van der Waals surface area contributed by atoms with Crippen LogP contribution in [0.2, 0.25) is 0 Å². The van der Waals surface area contributed by atoms with Gasteiger partial charge in [0.05, 0.1) is 18.0 Å². The van der Waals surface area contributed by atoms with E-state index in [0.717, 1.165) is 32.8 Å². The van der Waals surface area contributed by atoms with E-state index in [0.29, 0.717) is 5.69 Å². The molecule has 0 aliphatic rings. The molecule has 0 spiro atoms. The fourth-order valence-corrected chi connectivity index (χ4v) is 3.69. The first-order valence-corrected chi connectivity index (χ1v) is 10.3. The Morgan fingerprint density at radius 3 is 2.04 bits per heavy atom. The highest BCUT2D eigenvalue weighted by molar-refractivity contribution is 7.92. The average Bonchev–Trinajstić information content (AvgIpc) is 2.51. The minimum atomic E-state index is -3.58. The van der Waals surface area contributed by atoms with Crippen molar-refractivity contribution < 1.29 is 13.2 Å². The van der Waals surface area contributed by atoms with E-state index >= 15 is 0 Å². The molecule has 1 atom stereocenters. The van der Waals surface area contributed by atoms with Gasteiger partial charge in [0, 0.05) is 0 Å². The van der Waals surface area contributed by atoms with Crippen molar-refractivity contribution in [3.63, 3.8) is 0 Å². The summed E-state index contributed by atoms with van der Waals surface area (Å²) >= 11 is 0. The lowest BCUT2D eigenvalue weighted by Crippen LogP contribution is -2.41. The van der Waals surface area contributed by atoms with Gasteiger partial charge in [0.25, 0.3) is 0 Å². The van der Waals surface area contributed by atoms with Crippen molar-refractivity contribution in [2.45, 2.75) is 33.7 Å². The normalized spacial score (nSPS) is 12.5. The van der Waals surface area contributed by atoms with Crippen LogP contribution in [-0.4, -0.2) is 27.1 Å². The predicted octanol–water partition coefficient (Wildman–Crippen LogP) is 3.26. The lowest BCUT2D eigenvalue weighted by molar-refractivity contribution is -0.120. The summed E-state index contributed by atoms with van der Waals surface area (Å²) in [6.07, 6.45) is 1.11. The fraction of sp³-hybridized carbons (Fsp3) is 0.350. The number of amides is 1. The number of rotatable bonds is 6. The maximum Gasteiger partial charge on any atom is 0.241 e. The number of hydrogen-bond acceptors (Lipinski definition) is 3. The molecule has 0 fully saturated rings. The molecule has 0 heterocycles. The van der Waals surface area contributed by atoms with Crippen molar-refractivity contribution in [1.29, 1.82) is 0 Å². The third-order valence-electron chi connectivity index (χ3n) is 4.14. The molecular weight excluding hydrogens is 348 g/mol. The molecule has 5 nitrogen and oxygen atoms in total. The van der Waals surface area contributed by atoms with E-state index in [9.17, 15) is 13.2 Å². The second-order valence-corrected chi connectivity index (χ2v) is 8.72. The number of carbonyl (C=O) groups is 1. The molecule has 2 aromatic rings. The zero-order chi connectivity index (χ0) is 19.5. The minimum absolute atomic E-state index is 0.205. The number of nitrogens with zero attached hydrogens (tertiary/aromatic N) is 1. The summed E-state index contributed by atoms with van der Waals surface area (Å²) in [5, 5.41) is 2.87. The zero-order valence-corrected chi connectivity index (χ0v) is 16.7. The Bertz CT molecular complexity index is 870. The second-order valence-electron chi connectivity index (χ2n) is 6.82. The van der Waals surface area contributed by atoms with Crippen LogP contribution in [0.15, 0.2) is 42.5 Å². The molecule has 0 saturated heterocycles. The molecule has 2 aromatic carbocycles. The summed E-state index contributed by atoms with van der Waals surface area (Å²) in [5.74, 6) is -0.345. The highest BCUT2D eigenvalue weighted by atomic mass is 32.2. The first-order valence-electron chi connectivity index (χ1n) is 8.48. The summed E-state index contributed by atoms with van der Waals surface area (Å²) in [4.78, 5) is 12.5. The van der Waals surface area contributed by atoms with Gasteiger partial charge in [-0.1, -0.05) is 35.9 Å².